The third-order valence-electron chi connectivity index (χ3n) is 5.43. The average Bonchev–Trinajstić information content (AvgIpc) is 3.38. The smallest absolute Gasteiger partial charge is 0.270 e. The number of nitro groups is 1. The van der Waals surface area contributed by atoms with Gasteiger partial charge in [-0.1, -0.05) is 6.07 Å². The number of anilines is 2. The SMILES string of the molecule is O=C(NCc1ccnc(N2CCCC2)c1)c1ccc(NS(=O)(=O)c2cccc([N+](=O)[O-])c2)cc1. The fraction of sp³-hybridized carbons (Fsp3) is 0.217. The van der Waals surface area contributed by atoms with Gasteiger partial charge >= 0.3 is 0 Å². The summed E-state index contributed by atoms with van der Waals surface area (Å²) in [5.74, 6) is 0.609. The Balaban J connectivity index is 1.37. The minimum atomic E-state index is -4.02. The second kappa shape index (κ2) is 9.87. The number of nitrogens with one attached hydrogen (secondary N) is 2. The molecule has 0 spiro atoms. The number of aromatic nitrogens is 1. The van der Waals surface area contributed by atoms with Gasteiger partial charge < -0.3 is 10.2 Å². The van der Waals surface area contributed by atoms with Crippen molar-refractivity contribution in [2.75, 3.05) is 22.7 Å². The van der Waals surface area contributed by atoms with E-state index < -0.39 is 14.9 Å². The van der Waals surface area contributed by atoms with E-state index in [1.807, 2.05) is 12.1 Å². The Kier molecular flexibility index (Phi) is 6.73. The lowest BCUT2D eigenvalue weighted by Gasteiger charge is -2.17. The molecule has 1 aliphatic heterocycles. The van der Waals surface area contributed by atoms with Gasteiger partial charge in [-0.25, -0.2) is 13.4 Å². The molecule has 0 aliphatic carbocycles. The summed E-state index contributed by atoms with van der Waals surface area (Å²) in [5, 5.41) is 13.8. The predicted molar refractivity (Wildman–Crippen MR) is 127 cm³/mol. The minimum absolute atomic E-state index is 0.228. The zero-order valence-corrected chi connectivity index (χ0v) is 19.0. The molecule has 0 atom stereocenters. The maximum Gasteiger partial charge on any atom is 0.270 e. The van der Waals surface area contributed by atoms with Crippen LogP contribution in [-0.4, -0.2) is 37.3 Å². The summed E-state index contributed by atoms with van der Waals surface area (Å²) in [6, 6.07) is 14.5. The van der Waals surface area contributed by atoms with Crippen molar-refractivity contribution < 1.29 is 18.1 Å². The van der Waals surface area contributed by atoms with Gasteiger partial charge in [0.25, 0.3) is 21.6 Å². The Morgan fingerprint density at radius 3 is 2.50 bits per heavy atom. The monoisotopic (exact) mass is 481 g/mol. The highest BCUT2D eigenvalue weighted by Gasteiger charge is 2.18. The summed E-state index contributed by atoms with van der Waals surface area (Å²) in [6.45, 7) is 2.31. The second-order valence-corrected chi connectivity index (χ2v) is 9.52. The lowest BCUT2D eigenvalue weighted by atomic mass is 10.2. The van der Waals surface area contributed by atoms with Crippen LogP contribution in [0.2, 0.25) is 0 Å². The van der Waals surface area contributed by atoms with Gasteiger partial charge in [0, 0.05) is 49.2 Å². The van der Waals surface area contributed by atoms with Crippen LogP contribution in [0, 0.1) is 10.1 Å². The molecule has 1 aromatic heterocycles. The van der Waals surface area contributed by atoms with Crippen LogP contribution in [-0.2, 0) is 16.6 Å². The van der Waals surface area contributed by atoms with E-state index in [1.165, 1.54) is 42.5 Å². The van der Waals surface area contributed by atoms with E-state index in [-0.39, 0.29) is 22.2 Å². The molecule has 0 unspecified atom stereocenters. The van der Waals surface area contributed by atoms with Gasteiger partial charge in [0.15, 0.2) is 0 Å². The van der Waals surface area contributed by atoms with E-state index in [9.17, 15) is 23.3 Å². The first-order chi connectivity index (χ1) is 16.3. The Hall–Kier alpha value is -3.99. The Bertz CT molecular complexity index is 1310. The van der Waals surface area contributed by atoms with Crippen LogP contribution in [0.5, 0.6) is 0 Å². The largest absolute Gasteiger partial charge is 0.357 e. The average molecular weight is 482 g/mol. The topological polar surface area (TPSA) is 135 Å². The normalized spacial score (nSPS) is 13.5. The molecule has 0 radical (unpaired) electrons. The number of amides is 1. The van der Waals surface area contributed by atoms with Crippen molar-refractivity contribution in [2.24, 2.45) is 0 Å². The van der Waals surface area contributed by atoms with E-state index in [0.29, 0.717) is 12.1 Å². The number of hydrogen-bond acceptors (Lipinski definition) is 7. The molecule has 0 saturated carbocycles. The quantitative estimate of drug-likeness (QED) is 0.372. The zero-order valence-electron chi connectivity index (χ0n) is 18.2. The maximum atomic E-state index is 12.6. The molecule has 2 aromatic carbocycles. The fourth-order valence-electron chi connectivity index (χ4n) is 3.64. The molecule has 10 nitrogen and oxygen atoms in total. The highest BCUT2D eigenvalue weighted by Crippen LogP contribution is 2.21. The molecule has 1 amide bonds. The van der Waals surface area contributed by atoms with Gasteiger partial charge in [-0.05, 0) is 60.9 Å². The fourth-order valence-corrected chi connectivity index (χ4v) is 4.74. The Morgan fingerprint density at radius 2 is 1.79 bits per heavy atom. The molecule has 176 valence electrons. The molecule has 11 heteroatoms. The first-order valence-electron chi connectivity index (χ1n) is 10.7. The summed E-state index contributed by atoms with van der Waals surface area (Å²) < 4.78 is 27.5. The van der Waals surface area contributed by atoms with Gasteiger partial charge in [-0.2, -0.15) is 0 Å². The summed E-state index contributed by atoms with van der Waals surface area (Å²) in [4.78, 5) is 29.2. The number of carbonyl (C=O) groups excluding carboxylic acids is 1. The highest BCUT2D eigenvalue weighted by atomic mass is 32.2. The van der Waals surface area contributed by atoms with Gasteiger partial charge in [-0.3, -0.25) is 19.6 Å². The molecule has 1 saturated heterocycles. The van der Waals surface area contributed by atoms with Crippen LogP contribution in [0.25, 0.3) is 0 Å². The van der Waals surface area contributed by atoms with Crippen LogP contribution < -0.4 is 14.9 Å². The molecule has 4 rings (SSSR count). The van der Waals surface area contributed by atoms with E-state index in [0.717, 1.165) is 43.4 Å². The number of non-ortho nitro benzene ring substituents is 1. The third kappa shape index (κ3) is 5.49. The third-order valence-corrected chi connectivity index (χ3v) is 6.81. The molecule has 2 heterocycles. The van der Waals surface area contributed by atoms with Crippen LogP contribution in [0.4, 0.5) is 17.2 Å². The summed E-state index contributed by atoms with van der Waals surface area (Å²) >= 11 is 0. The van der Waals surface area contributed by atoms with Crippen molar-refractivity contribution in [3.63, 3.8) is 0 Å². The number of rotatable bonds is 8. The molecular weight excluding hydrogens is 458 g/mol. The number of benzene rings is 2. The maximum absolute atomic E-state index is 12.6. The molecule has 0 bridgehead atoms. The summed E-state index contributed by atoms with van der Waals surface area (Å²) in [6.07, 6.45) is 4.04. The van der Waals surface area contributed by atoms with Crippen molar-refractivity contribution in [1.82, 2.24) is 10.3 Å². The van der Waals surface area contributed by atoms with E-state index in [1.54, 1.807) is 6.20 Å². The Morgan fingerprint density at radius 1 is 1.06 bits per heavy atom. The van der Waals surface area contributed by atoms with Gasteiger partial charge in [-0.15, -0.1) is 0 Å². The number of nitrogens with zero attached hydrogens (tertiary/aromatic N) is 3. The summed E-state index contributed by atoms with van der Waals surface area (Å²) in [5.41, 5.74) is 1.21. The van der Waals surface area contributed by atoms with Crippen molar-refractivity contribution in [3.05, 3.63) is 88.1 Å². The molecule has 1 aliphatic rings. The lowest BCUT2D eigenvalue weighted by molar-refractivity contribution is -0.385. The first kappa shape index (κ1) is 23.2. The van der Waals surface area contributed by atoms with Crippen molar-refractivity contribution >= 4 is 33.1 Å². The van der Waals surface area contributed by atoms with Gasteiger partial charge in [0.05, 0.1) is 9.82 Å². The second-order valence-electron chi connectivity index (χ2n) is 7.84. The summed E-state index contributed by atoms with van der Waals surface area (Å²) in [7, 11) is -4.02. The lowest BCUT2D eigenvalue weighted by Crippen LogP contribution is -2.23. The standard InChI is InChI=1S/C23H23N5O5S/c29-23(25-16-17-10-11-24-22(14-17)27-12-1-2-13-27)18-6-8-19(9-7-18)26-34(32,33)21-5-3-4-20(15-21)28(30)31/h3-11,14-15,26H,1-2,12-13,16H2,(H,25,29). The van der Waals surface area contributed by atoms with Crippen LogP contribution in [0.15, 0.2) is 71.8 Å². The highest BCUT2D eigenvalue weighted by molar-refractivity contribution is 7.92. The Labute approximate surface area is 196 Å². The molecule has 34 heavy (non-hydrogen) atoms. The van der Waals surface area contributed by atoms with Crippen molar-refractivity contribution in [3.8, 4) is 0 Å². The number of sulfonamides is 1. The number of pyridine rings is 1. The van der Waals surface area contributed by atoms with Crippen LogP contribution >= 0.6 is 0 Å². The molecule has 1 fully saturated rings. The van der Waals surface area contributed by atoms with Crippen LogP contribution in [0.3, 0.4) is 0 Å². The molecule has 2 N–H and O–H groups in total. The predicted octanol–water partition coefficient (Wildman–Crippen LogP) is 3.32. The van der Waals surface area contributed by atoms with E-state index >= 15 is 0 Å². The zero-order chi connectivity index (χ0) is 24.1. The van der Waals surface area contributed by atoms with E-state index in [2.05, 4.69) is 19.9 Å². The van der Waals surface area contributed by atoms with Crippen molar-refractivity contribution in [2.45, 2.75) is 24.3 Å². The number of hydrogen-bond donors (Lipinski definition) is 2. The van der Waals surface area contributed by atoms with Crippen molar-refractivity contribution in [1.29, 1.82) is 0 Å². The first-order valence-corrected chi connectivity index (χ1v) is 12.2. The molecule has 3 aromatic rings. The molecular formula is C23H23N5O5S. The van der Waals surface area contributed by atoms with Gasteiger partial charge in [0.2, 0.25) is 0 Å². The van der Waals surface area contributed by atoms with Gasteiger partial charge in [0.1, 0.15) is 5.82 Å². The van der Waals surface area contributed by atoms with Crippen LogP contribution in [0.1, 0.15) is 28.8 Å². The number of carbonyl (C=O) groups is 1. The van der Waals surface area contributed by atoms with E-state index in [4.69, 9.17) is 0 Å². The minimum Gasteiger partial charge on any atom is -0.357 e. The number of nitro benzene ring substituents is 1.